The molecule has 0 unspecified atom stereocenters. The smallest absolute Gasteiger partial charge is 0.407 e. The van der Waals surface area contributed by atoms with Crippen molar-refractivity contribution < 1.29 is 17.9 Å². The summed E-state index contributed by atoms with van der Waals surface area (Å²) < 4.78 is 33.5. The molecule has 1 saturated heterocycles. The number of ether oxygens (including phenoxy) is 1. The fourth-order valence-corrected chi connectivity index (χ4v) is 5.86. The molecule has 1 aliphatic heterocycles. The molecule has 2 aliphatic rings. The summed E-state index contributed by atoms with van der Waals surface area (Å²) in [6.07, 6.45) is 3.58. The van der Waals surface area contributed by atoms with E-state index in [-0.39, 0.29) is 28.1 Å². The molecule has 0 bridgehead atoms. The first-order valence-corrected chi connectivity index (χ1v) is 13.1. The van der Waals surface area contributed by atoms with Crippen molar-refractivity contribution in [3.63, 3.8) is 0 Å². The first-order valence-electron chi connectivity index (χ1n) is 11.2. The van der Waals surface area contributed by atoms with Gasteiger partial charge in [-0.05, 0) is 49.9 Å². The van der Waals surface area contributed by atoms with Crippen LogP contribution in [-0.4, -0.2) is 56.0 Å². The molecule has 1 atom stereocenters. The molecule has 0 radical (unpaired) electrons. The number of carbonyl (C=O) groups excluding carboxylic acids is 1. The van der Waals surface area contributed by atoms with Gasteiger partial charge in [0.25, 0.3) is 5.56 Å². The fourth-order valence-electron chi connectivity index (χ4n) is 4.34. The van der Waals surface area contributed by atoms with Crippen LogP contribution in [0, 0.1) is 11.3 Å². The first kappa shape index (κ1) is 25.0. The Labute approximate surface area is 207 Å². The number of benzene rings is 1. The van der Waals surface area contributed by atoms with Gasteiger partial charge in [0, 0.05) is 25.0 Å². The van der Waals surface area contributed by atoms with E-state index < -0.39 is 21.7 Å². The van der Waals surface area contributed by atoms with Crippen molar-refractivity contribution in [2.75, 3.05) is 18.0 Å². The fraction of sp³-hybridized carbons (Fsp3) is 0.455. The topological polar surface area (TPSA) is 157 Å². The van der Waals surface area contributed by atoms with Gasteiger partial charge in [-0.25, -0.2) is 23.0 Å². The summed E-state index contributed by atoms with van der Waals surface area (Å²) in [7, 11) is -3.69. The van der Waals surface area contributed by atoms with Crippen LogP contribution in [0.1, 0.15) is 37.7 Å². The lowest BCUT2D eigenvalue weighted by molar-refractivity contribution is 0.102. The number of carbonyl (C=O) groups is 1. The molecule has 1 aliphatic carbocycles. The number of nitrogens with one attached hydrogen (secondary N) is 3. The Bertz CT molecular complexity index is 1270. The standard InChI is InChI=1S/C22H25ClN6O5S/c23-20-19(12-25-27-21(20)30)29-10-9-17(13-29)34-22(31)26-15-3-5-16(6-4-15)28-35(32,33)18-7-1-14(11-24)2-8-18/h1-2,7-8,12,15-17,28H,3-6,9-10,13H2,(H,26,31)(H,27,30)/t15?,16?,17-/m1/s1. The van der Waals surface area contributed by atoms with Crippen LogP contribution < -0.4 is 20.5 Å². The average molecular weight is 521 g/mol. The van der Waals surface area contributed by atoms with Crippen molar-refractivity contribution in [3.8, 4) is 6.07 Å². The Hall–Kier alpha value is -3.14. The summed E-state index contributed by atoms with van der Waals surface area (Å²) >= 11 is 6.05. The minimum Gasteiger partial charge on any atom is -0.444 e. The van der Waals surface area contributed by atoms with Gasteiger partial charge in [-0.1, -0.05) is 11.6 Å². The van der Waals surface area contributed by atoms with Crippen LogP contribution in [0.2, 0.25) is 5.02 Å². The minimum atomic E-state index is -3.69. The number of anilines is 1. The van der Waals surface area contributed by atoms with Crippen LogP contribution in [0.15, 0.2) is 40.2 Å². The lowest BCUT2D eigenvalue weighted by Gasteiger charge is -2.29. The number of aromatic nitrogens is 2. The summed E-state index contributed by atoms with van der Waals surface area (Å²) in [4.78, 5) is 26.0. The molecule has 2 heterocycles. The average Bonchev–Trinajstić information content (AvgIpc) is 3.30. The highest BCUT2D eigenvalue weighted by atomic mass is 35.5. The largest absolute Gasteiger partial charge is 0.444 e. The molecule has 4 rings (SSSR count). The number of amides is 1. The van der Waals surface area contributed by atoms with Crippen molar-refractivity contribution in [2.24, 2.45) is 0 Å². The molecule has 1 amide bonds. The second-order valence-corrected chi connectivity index (χ2v) is 10.7. The Kier molecular flexibility index (Phi) is 7.59. The molecule has 186 valence electrons. The highest BCUT2D eigenvalue weighted by Crippen LogP contribution is 2.26. The van der Waals surface area contributed by atoms with E-state index in [1.165, 1.54) is 30.5 Å². The zero-order chi connectivity index (χ0) is 25.0. The van der Waals surface area contributed by atoms with Crippen LogP contribution in [0.4, 0.5) is 10.5 Å². The predicted octanol–water partition coefficient (Wildman–Crippen LogP) is 1.89. The van der Waals surface area contributed by atoms with E-state index >= 15 is 0 Å². The van der Waals surface area contributed by atoms with Crippen LogP contribution in [0.3, 0.4) is 0 Å². The third kappa shape index (κ3) is 6.11. The van der Waals surface area contributed by atoms with E-state index in [0.29, 0.717) is 56.4 Å². The van der Waals surface area contributed by atoms with E-state index in [9.17, 15) is 18.0 Å². The summed E-state index contributed by atoms with van der Waals surface area (Å²) in [5, 5.41) is 17.8. The van der Waals surface area contributed by atoms with Gasteiger partial charge in [0.2, 0.25) is 10.0 Å². The Balaban J connectivity index is 1.22. The third-order valence-electron chi connectivity index (χ3n) is 6.20. The molecule has 1 saturated carbocycles. The van der Waals surface area contributed by atoms with E-state index in [1.54, 1.807) is 0 Å². The van der Waals surface area contributed by atoms with Gasteiger partial charge in [0.05, 0.1) is 35.0 Å². The Morgan fingerprint density at radius 2 is 1.86 bits per heavy atom. The van der Waals surface area contributed by atoms with Gasteiger partial charge in [-0.3, -0.25) is 4.79 Å². The van der Waals surface area contributed by atoms with E-state index in [2.05, 4.69) is 20.2 Å². The number of hydrogen-bond donors (Lipinski definition) is 3. The molecule has 1 aromatic heterocycles. The van der Waals surface area contributed by atoms with Gasteiger partial charge in [0.1, 0.15) is 11.1 Å². The SMILES string of the molecule is N#Cc1ccc(S(=O)(=O)NC2CCC(NC(=O)O[C@@H]3CCN(c4cn[nH]c(=O)c4Cl)C3)CC2)cc1. The first-order chi connectivity index (χ1) is 16.7. The number of rotatable bonds is 6. The number of hydrogen-bond acceptors (Lipinski definition) is 8. The maximum atomic E-state index is 12.6. The monoisotopic (exact) mass is 520 g/mol. The molecule has 11 nitrogen and oxygen atoms in total. The van der Waals surface area contributed by atoms with Crippen molar-refractivity contribution in [1.29, 1.82) is 5.26 Å². The molecular weight excluding hydrogens is 496 g/mol. The van der Waals surface area contributed by atoms with Crippen LogP contribution in [0.25, 0.3) is 0 Å². The Morgan fingerprint density at radius 3 is 2.54 bits per heavy atom. The predicted molar refractivity (Wildman–Crippen MR) is 128 cm³/mol. The number of H-pyrrole nitrogens is 1. The number of aromatic amines is 1. The number of nitriles is 1. The van der Waals surface area contributed by atoms with Crippen LogP contribution in [-0.2, 0) is 14.8 Å². The van der Waals surface area contributed by atoms with Crippen molar-refractivity contribution in [2.45, 2.75) is 55.2 Å². The van der Waals surface area contributed by atoms with Crippen LogP contribution in [0.5, 0.6) is 0 Å². The van der Waals surface area contributed by atoms with Gasteiger partial charge in [-0.2, -0.15) is 10.4 Å². The maximum Gasteiger partial charge on any atom is 0.407 e. The van der Waals surface area contributed by atoms with Crippen molar-refractivity contribution >= 4 is 33.4 Å². The second kappa shape index (κ2) is 10.6. The Morgan fingerprint density at radius 1 is 1.17 bits per heavy atom. The second-order valence-electron chi connectivity index (χ2n) is 8.61. The number of alkyl carbamates (subject to hydrolysis) is 1. The molecule has 35 heavy (non-hydrogen) atoms. The summed E-state index contributed by atoms with van der Waals surface area (Å²) in [5.74, 6) is 0. The van der Waals surface area contributed by atoms with E-state index in [0.717, 1.165) is 0 Å². The van der Waals surface area contributed by atoms with Gasteiger partial charge in [-0.15, -0.1) is 0 Å². The van der Waals surface area contributed by atoms with Gasteiger partial charge in [0.15, 0.2) is 0 Å². The van der Waals surface area contributed by atoms with Crippen molar-refractivity contribution in [1.82, 2.24) is 20.2 Å². The number of sulfonamides is 1. The number of halogens is 1. The molecule has 2 aromatic rings. The highest BCUT2D eigenvalue weighted by molar-refractivity contribution is 7.89. The zero-order valence-corrected chi connectivity index (χ0v) is 20.3. The minimum absolute atomic E-state index is 0.0525. The lowest BCUT2D eigenvalue weighted by atomic mass is 9.92. The molecule has 13 heteroatoms. The molecule has 1 aromatic carbocycles. The summed E-state index contributed by atoms with van der Waals surface area (Å²) in [6, 6.07) is 7.37. The van der Waals surface area contributed by atoms with E-state index in [1.807, 2.05) is 11.0 Å². The third-order valence-corrected chi connectivity index (χ3v) is 8.10. The maximum absolute atomic E-state index is 12.6. The quantitative estimate of drug-likeness (QED) is 0.521. The summed E-state index contributed by atoms with van der Waals surface area (Å²) in [6.45, 7) is 0.982. The molecule has 0 spiro atoms. The number of nitrogens with zero attached hydrogens (tertiary/aromatic N) is 3. The van der Waals surface area contributed by atoms with Gasteiger partial charge < -0.3 is 15.0 Å². The highest BCUT2D eigenvalue weighted by Gasteiger charge is 2.30. The molecular formula is C22H25ClN6O5S. The summed E-state index contributed by atoms with van der Waals surface area (Å²) in [5.41, 5.74) is 0.425. The van der Waals surface area contributed by atoms with E-state index in [4.69, 9.17) is 21.6 Å². The van der Waals surface area contributed by atoms with Gasteiger partial charge >= 0.3 is 6.09 Å². The zero-order valence-electron chi connectivity index (χ0n) is 18.7. The normalized spacial score (nSPS) is 22.4. The molecule has 2 fully saturated rings. The van der Waals surface area contributed by atoms with Crippen molar-refractivity contribution in [3.05, 3.63) is 51.4 Å². The lowest BCUT2D eigenvalue weighted by Crippen LogP contribution is -2.44. The van der Waals surface area contributed by atoms with Crippen LogP contribution >= 0.6 is 11.6 Å². The molecule has 3 N–H and O–H groups in total.